The van der Waals surface area contributed by atoms with Crippen molar-refractivity contribution >= 4 is 5.91 Å². The molecule has 5 nitrogen and oxygen atoms in total. The van der Waals surface area contributed by atoms with Gasteiger partial charge >= 0.3 is 0 Å². The number of aromatic nitrogens is 2. The minimum absolute atomic E-state index is 0.0919. The second-order valence-electron chi connectivity index (χ2n) is 5.63. The largest absolute Gasteiger partial charge is 0.352 e. The first kappa shape index (κ1) is 13.8. The molecule has 1 aliphatic heterocycles. The number of carbonyl (C=O) groups is 1. The molecule has 5 heteroatoms. The zero-order valence-electron chi connectivity index (χ0n) is 12.1. The Hall–Kier alpha value is -2.14. The normalized spacial score (nSPS) is 21.4. The Morgan fingerprint density at radius 1 is 1.29 bits per heavy atom. The zero-order chi connectivity index (χ0) is 14.7. The van der Waals surface area contributed by atoms with Gasteiger partial charge in [-0.1, -0.05) is 31.2 Å². The minimum atomic E-state index is 0.0919. The Morgan fingerprint density at radius 3 is 2.71 bits per heavy atom. The molecule has 0 saturated carbocycles. The van der Waals surface area contributed by atoms with Crippen molar-refractivity contribution in [3.8, 4) is 11.3 Å². The van der Waals surface area contributed by atoms with Crippen LogP contribution in [0.15, 0.2) is 36.5 Å². The number of aromatic amines is 1. The highest BCUT2D eigenvalue weighted by molar-refractivity contribution is 5.79. The fraction of sp³-hybridized carbons (Fsp3) is 0.375. The van der Waals surface area contributed by atoms with Crippen LogP contribution in [0, 0.1) is 11.8 Å². The average molecular weight is 284 g/mol. The predicted octanol–water partition coefficient (Wildman–Crippen LogP) is 1.55. The van der Waals surface area contributed by atoms with Gasteiger partial charge in [0.15, 0.2) is 0 Å². The highest BCUT2D eigenvalue weighted by atomic mass is 16.1. The number of hydrogen-bond acceptors (Lipinski definition) is 3. The van der Waals surface area contributed by atoms with Crippen LogP contribution in [0.4, 0.5) is 0 Å². The molecule has 0 spiro atoms. The molecule has 2 heterocycles. The maximum absolute atomic E-state index is 12.1. The minimum Gasteiger partial charge on any atom is -0.352 e. The van der Waals surface area contributed by atoms with Gasteiger partial charge in [-0.3, -0.25) is 9.89 Å². The van der Waals surface area contributed by atoms with Gasteiger partial charge in [-0.25, -0.2) is 0 Å². The van der Waals surface area contributed by atoms with E-state index in [1.54, 1.807) is 6.20 Å². The number of nitrogens with one attached hydrogen (secondary N) is 3. The van der Waals surface area contributed by atoms with E-state index < -0.39 is 0 Å². The molecule has 0 aliphatic carbocycles. The quantitative estimate of drug-likeness (QED) is 0.798. The molecule has 1 aromatic heterocycles. The summed E-state index contributed by atoms with van der Waals surface area (Å²) in [5.41, 5.74) is 3.19. The third-order valence-corrected chi connectivity index (χ3v) is 4.09. The van der Waals surface area contributed by atoms with Crippen molar-refractivity contribution in [2.75, 3.05) is 13.1 Å². The first-order chi connectivity index (χ1) is 10.2. The molecule has 1 aromatic carbocycles. The molecule has 3 N–H and O–H groups in total. The van der Waals surface area contributed by atoms with E-state index in [2.05, 4.69) is 27.8 Å². The predicted molar refractivity (Wildman–Crippen MR) is 81.4 cm³/mol. The monoisotopic (exact) mass is 284 g/mol. The summed E-state index contributed by atoms with van der Waals surface area (Å²) in [7, 11) is 0. The van der Waals surface area contributed by atoms with Gasteiger partial charge in [0.2, 0.25) is 5.91 Å². The van der Waals surface area contributed by atoms with E-state index in [9.17, 15) is 4.79 Å². The zero-order valence-corrected chi connectivity index (χ0v) is 12.1. The van der Waals surface area contributed by atoms with E-state index in [1.165, 1.54) is 0 Å². The standard InChI is InChI=1S/C16H20N4O/c1-11-8-17-10-14(11)16(21)18-9-12-2-4-13(5-3-12)15-6-7-19-20-15/h2-7,11,14,17H,8-10H2,1H3,(H,18,21)(H,19,20). The molecule has 0 radical (unpaired) electrons. The van der Waals surface area contributed by atoms with E-state index in [0.29, 0.717) is 12.5 Å². The molecule has 2 unspecified atom stereocenters. The van der Waals surface area contributed by atoms with Crippen LogP contribution < -0.4 is 10.6 Å². The first-order valence-electron chi connectivity index (χ1n) is 7.31. The van der Waals surface area contributed by atoms with Gasteiger partial charge < -0.3 is 10.6 Å². The second-order valence-corrected chi connectivity index (χ2v) is 5.63. The van der Waals surface area contributed by atoms with E-state index in [4.69, 9.17) is 0 Å². The molecule has 110 valence electrons. The molecule has 2 atom stereocenters. The van der Waals surface area contributed by atoms with E-state index in [0.717, 1.165) is 29.9 Å². The number of amides is 1. The lowest BCUT2D eigenvalue weighted by molar-refractivity contribution is -0.125. The maximum Gasteiger partial charge on any atom is 0.224 e. The van der Waals surface area contributed by atoms with Gasteiger partial charge in [-0.15, -0.1) is 0 Å². The Balaban J connectivity index is 1.57. The van der Waals surface area contributed by atoms with E-state index in [1.807, 2.05) is 30.3 Å². The summed E-state index contributed by atoms with van der Waals surface area (Å²) in [6.07, 6.45) is 1.74. The summed E-state index contributed by atoms with van der Waals surface area (Å²) in [4.78, 5) is 12.1. The first-order valence-corrected chi connectivity index (χ1v) is 7.31. The Kier molecular flexibility index (Phi) is 4.01. The van der Waals surface area contributed by atoms with Crippen LogP contribution in [0.1, 0.15) is 12.5 Å². The van der Waals surface area contributed by atoms with Crippen molar-refractivity contribution in [3.63, 3.8) is 0 Å². The van der Waals surface area contributed by atoms with Crippen molar-refractivity contribution in [1.82, 2.24) is 20.8 Å². The van der Waals surface area contributed by atoms with Gasteiger partial charge in [-0.05, 0) is 29.7 Å². The molecule has 1 amide bonds. The summed E-state index contributed by atoms with van der Waals surface area (Å²) < 4.78 is 0. The molecule has 1 aliphatic rings. The lowest BCUT2D eigenvalue weighted by Gasteiger charge is -2.14. The molecule has 3 rings (SSSR count). The third kappa shape index (κ3) is 3.13. The van der Waals surface area contributed by atoms with Crippen LogP contribution in [0.5, 0.6) is 0 Å². The van der Waals surface area contributed by atoms with E-state index in [-0.39, 0.29) is 11.8 Å². The Bertz CT molecular complexity index is 591. The van der Waals surface area contributed by atoms with Gasteiger partial charge in [0.05, 0.1) is 11.6 Å². The third-order valence-electron chi connectivity index (χ3n) is 4.09. The fourth-order valence-electron chi connectivity index (χ4n) is 2.70. The van der Waals surface area contributed by atoms with Crippen molar-refractivity contribution < 1.29 is 4.79 Å². The lowest BCUT2D eigenvalue weighted by Crippen LogP contribution is -2.33. The number of H-pyrrole nitrogens is 1. The molecule has 1 saturated heterocycles. The van der Waals surface area contributed by atoms with Crippen LogP contribution >= 0.6 is 0 Å². The van der Waals surface area contributed by atoms with Crippen molar-refractivity contribution in [2.24, 2.45) is 11.8 Å². The Morgan fingerprint density at radius 2 is 2.10 bits per heavy atom. The fourth-order valence-corrected chi connectivity index (χ4v) is 2.70. The van der Waals surface area contributed by atoms with Crippen LogP contribution in [-0.4, -0.2) is 29.2 Å². The number of hydrogen-bond donors (Lipinski definition) is 3. The van der Waals surface area contributed by atoms with Crippen LogP contribution in [0.3, 0.4) is 0 Å². The number of nitrogens with zero attached hydrogens (tertiary/aromatic N) is 1. The Labute approximate surface area is 124 Å². The van der Waals surface area contributed by atoms with Crippen LogP contribution in [0.25, 0.3) is 11.3 Å². The van der Waals surface area contributed by atoms with Gasteiger partial charge in [0.1, 0.15) is 0 Å². The summed E-state index contributed by atoms with van der Waals surface area (Å²) in [5, 5.41) is 13.2. The lowest BCUT2D eigenvalue weighted by atomic mass is 9.97. The van der Waals surface area contributed by atoms with Crippen molar-refractivity contribution in [1.29, 1.82) is 0 Å². The topological polar surface area (TPSA) is 69.8 Å². The number of benzene rings is 1. The highest BCUT2D eigenvalue weighted by Crippen LogP contribution is 2.18. The van der Waals surface area contributed by atoms with Gasteiger partial charge in [-0.2, -0.15) is 5.10 Å². The van der Waals surface area contributed by atoms with Gasteiger partial charge in [0, 0.05) is 19.3 Å². The average Bonchev–Trinajstić information content (AvgIpc) is 3.16. The van der Waals surface area contributed by atoms with Gasteiger partial charge in [0.25, 0.3) is 0 Å². The molecule has 2 aromatic rings. The summed E-state index contributed by atoms with van der Waals surface area (Å²) in [6.45, 7) is 4.40. The smallest absolute Gasteiger partial charge is 0.224 e. The van der Waals surface area contributed by atoms with Crippen molar-refractivity contribution in [2.45, 2.75) is 13.5 Å². The maximum atomic E-state index is 12.1. The van der Waals surface area contributed by atoms with Crippen LogP contribution in [-0.2, 0) is 11.3 Å². The summed E-state index contributed by atoms with van der Waals surface area (Å²) in [6, 6.07) is 10.1. The molecule has 21 heavy (non-hydrogen) atoms. The number of carbonyl (C=O) groups excluding carboxylic acids is 1. The highest BCUT2D eigenvalue weighted by Gasteiger charge is 2.29. The summed E-state index contributed by atoms with van der Waals surface area (Å²) in [5.74, 6) is 0.646. The molecular weight excluding hydrogens is 264 g/mol. The molecule has 1 fully saturated rings. The van der Waals surface area contributed by atoms with E-state index >= 15 is 0 Å². The van der Waals surface area contributed by atoms with Crippen molar-refractivity contribution in [3.05, 3.63) is 42.1 Å². The van der Waals surface area contributed by atoms with Crippen LogP contribution in [0.2, 0.25) is 0 Å². The number of rotatable bonds is 4. The summed E-state index contributed by atoms with van der Waals surface area (Å²) >= 11 is 0. The molecule has 0 bridgehead atoms. The molecular formula is C16H20N4O. The SMILES string of the molecule is CC1CNCC1C(=O)NCc1ccc(-c2ccn[nH]2)cc1. The second kappa shape index (κ2) is 6.10.